The van der Waals surface area contributed by atoms with Crippen LogP contribution in [0.5, 0.6) is 0 Å². The Morgan fingerprint density at radius 2 is 2.14 bits per heavy atom. The summed E-state index contributed by atoms with van der Waals surface area (Å²) < 4.78 is 27.0. The number of nitrogens with zero attached hydrogens (tertiary/aromatic N) is 1. The average molecular weight is 334 g/mol. The van der Waals surface area contributed by atoms with Crippen LogP contribution in [0.25, 0.3) is 0 Å². The first-order valence-corrected chi connectivity index (χ1v) is 8.96. The number of nitrogens with one attached hydrogen (secondary N) is 2. The van der Waals surface area contributed by atoms with E-state index in [1.54, 1.807) is 18.7 Å². The fourth-order valence-corrected chi connectivity index (χ4v) is 3.68. The Morgan fingerprint density at radius 3 is 2.67 bits per heavy atom. The zero-order chi connectivity index (χ0) is 16.0. The van der Waals surface area contributed by atoms with Crippen LogP contribution in [0.4, 0.5) is 11.4 Å². The summed E-state index contributed by atoms with van der Waals surface area (Å²) in [5.74, 6) is 5.97. The molecule has 0 amide bonds. The molecule has 1 atom stereocenters. The molecule has 1 unspecified atom stereocenters. The number of rotatable bonds is 8. The van der Waals surface area contributed by atoms with Crippen molar-refractivity contribution in [2.75, 3.05) is 17.4 Å². The number of benzene rings is 1. The van der Waals surface area contributed by atoms with E-state index in [1.165, 1.54) is 6.07 Å². The van der Waals surface area contributed by atoms with E-state index in [-0.39, 0.29) is 16.6 Å². The standard InChI is InChI=1S/C11H18N4O4S2/c1-8(5-6-20-2)14-21(18,19)11-4-3-9(13-12)7-10(11)15(16)17/h3-4,7-8,13-14H,5-6,12H2,1-2H3. The van der Waals surface area contributed by atoms with Gasteiger partial charge in [0.05, 0.1) is 10.6 Å². The van der Waals surface area contributed by atoms with Gasteiger partial charge in [0.25, 0.3) is 5.69 Å². The molecule has 118 valence electrons. The number of hydrazine groups is 1. The van der Waals surface area contributed by atoms with Gasteiger partial charge in [0.15, 0.2) is 4.90 Å². The minimum Gasteiger partial charge on any atom is -0.324 e. The van der Waals surface area contributed by atoms with Crippen LogP contribution in [0, 0.1) is 10.1 Å². The van der Waals surface area contributed by atoms with Crippen molar-refractivity contribution >= 4 is 33.2 Å². The zero-order valence-corrected chi connectivity index (χ0v) is 13.3. The second kappa shape index (κ2) is 7.59. The summed E-state index contributed by atoms with van der Waals surface area (Å²) in [5, 5.41) is 11.0. The smallest absolute Gasteiger partial charge is 0.291 e. The van der Waals surface area contributed by atoms with Crippen molar-refractivity contribution in [3.8, 4) is 0 Å². The van der Waals surface area contributed by atoms with Crippen molar-refractivity contribution in [1.29, 1.82) is 0 Å². The lowest BCUT2D eigenvalue weighted by molar-refractivity contribution is -0.387. The van der Waals surface area contributed by atoms with Crippen LogP contribution in [0.3, 0.4) is 0 Å². The van der Waals surface area contributed by atoms with E-state index in [0.717, 1.165) is 17.9 Å². The van der Waals surface area contributed by atoms with Gasteiger partial charge in [0, 0.05) is 12.1 Å². The van der Waals surface area contributed by atoms with E-state index in [9.17, 15) is 18.5 Å². The Bertz CT molecular complexity index is 606. The Kier molecular flexibility index (Phi) is 6.40. The number of sulfonamides is 1. The monoisotopic (exact) mass is 334 g/mol. The van der Waals surface area contributed by atoms with Crippen molar-refractivity contribution in [3.05, 3.63) is 28.3 Å². The predicted octanol–water partition coefficient (Wildman–Crippen LogP) is 1.30. The number of nitro benzene ring substituents is 1. The summed E-state index contributed by atoms with van der Waals surface area (Å²) in [4.78, 5) is 9.92. The maximum Gasteiger partial charge on any atom is 0.291 e. The second-order valence-electron chi connectivity index (χ2n) is 4.39. The molecule has 0 fully saturated rings. The second-order valence-corrected chi connectivity index (χ2v) is 7.06. The van der Waals surface area contributed by atoms with Crippen molar-refractivity contribution < 1.29 is 13.3 Å². The highest BCUT2D eigenvalue weighted by Gasteiger charge is 2.27. The van der Waals surface area contributed by atoms with Gasteiger partial charge in [-0.2, -0.15) is 11.8 Å². The van der Waals surface area contributed by atoms with E-state index in [1.807, 2.05) is 6.26 Å². The van der Waals surface area contributed by atoms with Crippen LogP contribution >= 0.6 is 11.8 Å². The van der Waals surface area contributed by atoms with Crippen LogP contribution in [-0.4, -0.2) is 31.4 Å². The number of nitrogens with two attached hydrogens (primary N) is 1. The third-order valence-corrected chi connectivity index (χ3v) is 5.00. The topological polar surface area (TPSA) is 127 Å². The van der Waals surface area contributed by atoms with Gasteiger partial charge < -0.3 is 5.43 Å². The quantitative estimate of drug-likeness (QED) is 0.371. The third-order valence-electron chi connectivity index (χ3n) is 2.72. The SMILES string of the molecule is CSCCC(C)NS(=O)(=O)c1ccc(NN)cc1[N+](=O)[O-]. The number of hydrogen-bond acceptors (Lipinski definition) is 7. The molecule has 1 aromatic rings. The maximum atomic E-state index is 12.3. The first-order valence-electron chi connectivity index (χ1n) is 6.08. The van der Waals surface area contributed by atoms with Gasteiger partial charge in [-0.05, 0) is 37.5 Å². The highest BCUT2D eigenvalue weighted by Crippen LogP contribution is 2.27. The molecule has 21 heavy (non-hydrogen) atoms. The van der Waals surface area contributed by atoms with E-state index in [2.05, 4.69) is 10.1 Å². The molecule has 8 nitrogen and oxygen atoms in total. The highest BCUT2D eigenvalue weighted by atomic mass is 32.2. The van der Waals surface area contributed by atoms with Gasteiger partial charge >= 0.3 is 0 Å². The lowest BCUT2D eigenvalue weighted by Crippen LogP contribution is -2.33. The molecule has 0 saturated carbocycles. The first kappa shape index (κ1) is 17.7. The fourth-order valence-electron chi connectivity index (χ4n) is 1.66. The Balaban J connectivity index is 3.10. The molecule has 0 aliphatic rings. The largest absolute Gasteiger partial charge is 0.324 e. The molecule has 1 aromatic carbocycles. The molecule has 0 aliphatic heterocycles. The summed E-state index contributed by atoms with van der Waals surface area (Å²) in [5.41, 5.74) is 1.99. The van der Waals surface area contributed by atoms with Gasteiger partial charge in [0.1, 0.15) is 0 Å². The summed E-state index contributed by atoms with van der Waals surface area (Å²) in [6, 6.07) is 3.31. The molecule has 0 radical (unpaired) electrons. The van der Waals surface area contributed by atoms with E-state index < -0.39 is 20.6 Å². The minimum atomic E-state index is -3.96. The van der Waals surface area contributed by atoms with E-state index >= 15 is 0 Å². The molecule has 0 saturated heterocycles. The summed E-state index contributed by atoms with van der Waals surface area (Å²) in [6.45, 7) is 1.72. The van der Waals surface area contributed by atoms with Gasteiger partial charge in [-0.25, -0.2) is 13.1 Å². The third kappa shape index (κ3) is 4.84. The Morgan fingerprint density at radius 1 is 1.48 bits per heavy atom. The Hall–Kier alpha value is -1.36. The van der Waals surface area contributed by atoms with Crippen LogP contribution in [0.1, 0.15) is 13.3 Å². The van der Waals surface area contributed by atoms with Crippen molar-refractivity contribution in [2.24, 2.45) is 5.84 Å². The highest BCUT2D eigenvalue weighted by molar-refractivity contribution is 7.98. The molecule has 1 rings (SSSR count). The van der Waals surface area contributed by atoms with Gasteiger partial charge in [0.2, 0.25) is 10.0 Å². The Labute approximate surface area is 127 Å². The predicted molar refractivity (Wildman–Crippen MR) is 83.7 cm³/mol. The van der Waals surface area contributed by atoms with Crippen LogP contribution in [0.15, 0.2) is 23.1 Å². The van der Waals surface area contributed by atoms with Crippen molar-refractivity contribution in [2.45, 2.75) is 24.3 Å². The molecule has 4 N–H and O–H groups in total. The number of anilines is 1. The molecule has 0 spiro atoms. The first-order chi connectivity index (χ1) is 9.81. The van der Waals surface area contributed by atoms with Crippen LogP contribution < -0.4 is 16.0 Å². The summed E-state index contributed by atoms with van der Waals surface area (Å²) in [6.07, 6.45) is 2.56. The summed E-state index contributed by atoms with van der Waals surface area (Å²) >= 11 is 1.60. The number of thioether (sulfide) groups is 1. The average Bonchev–Trinajstić information content (AvgIpc) is 2.43. The molecule has 0 aliphatic carbocycles. The van der Waals surface area contributed by atoms with Crippen LogP contribution in [0.2, 0.25) is 0 Å². The van der Waals surface area contributed by atoms with Gasteiger partial charge in [-0.15, -0.1) is 0 Å². The lowest BCUT2D eigenvalue weighted by atomic mass is 10.3. The molecule has 0 bridgehead atoms. The maximum absolute atomic E-state index is 12.3. The normalized spacial score (nSPS) is 12.9. The number of nitro groups is 1. The molecule has 0 aromatic heterocycles. The minimum absolute atomic E-state index is 0.260. The van der Waals surface area contributed by atoms with E-state index in [4.69, 9.17) is 5.84 Å². The molecule has 0 heterocycles. The van der Waals surface area contributed by atoms with Crippen LogP contribution in [-0.2, 0) is 10.0 Å². The molecular formula is C11H18N4O4S2. The van der Waals surface area contributed by atoms with Gasteiger partial charge in [-0.3, -0.25) is 16.0 Å². The molecular weight excluding hydrogens is 316 g/mol. The number of nitrogen functional groups attached to an aromatic ring is 1. The fraction of sp³-hybridized carbons (Fsp3) is 0.455. The zero-order valence-electron chi connectivity index (χ0n) is 11.7. The van der Waals surface area contributed by atoms with Gasteiger partial charge in [-0.1, -0.05) is 0 Å². The van der Waals surface area contributed by atoms with E-state index in [0.29, 0.717) is 6.42 Å². The van der Waals surface area contributed by atoms with Crippen molar-refractivity contribution in [1.82, 2.24) is 4.72 Å². The molecule has 10 heteroatoms. The van der Waals surface area contributed by atoms with Crippen molar-refractivity contribution in [3.63, 3.8) is 0 Å². The lowest BCUT2D eigenvalue weighted by Gasteiger charge is -2.14. The number of hydrogen-bond donors (Lipinski definition) is 3. The summed E-state index contributed by atoms with van der Waals surface area (Å²) in [7, 11) is -3.96.